The van der Waals surface area contributed by atoms with Crippen molar-refractivity contribution in [3.05, 3.63) is 65.9 Å². The predicted octanol–water partition coefficient (Wildman–Crippen LogP) is 4.26. The molecule has 0 saturated heterocycles. The highest BCUT2D eigenvalue weighted by Crippen LogP contribution is 2.38. The van der Waals surface area contributed by atoms with Crippen molar-refractivity contribution in [3.8, 4) is 17.3 Å². The largest absolute Gasteiger partial charge is 0.455 e. The molecule has 2 aromatic heterocycles. The number of furan rings is 1. The van der Waals surface area contributed by atoms with Gasteiger partial charge in [0.25, 0.3) is 0 Å². The Balaban J connectivity index is 2.23. The van der Waals surface area contributed by atoms with Crippen molar-refractivity contribution in [2.24, 2.45) is 7.05 Å². The molecule has 4 aromatic rings. The number of para-hydroxylation sites is 1. The number of fused-ring (bicyclic) bond motifs is 3. The van der Waals surface area contributed by atoms with Gasteiger partial charge in [0.15, 0.2) is 11.8 Å². The average molecular weight is 299 g/mol. The van der Waals surface area contributed by atoms with E-state index in [1.807, 2.05) is 43.6 Å². The van der Waals surface area contributed by atoms with Gasteiger partial charge in [-0.05, 0) is 30.7 Å². The van der Waals surface area contributed by atoms with Gasteiger partial charge in [0.1, 0.15) is 18.7 Å². The number of benzene rings is 2. The molecule has 110 valence electrons. The number of aromatic nitrogens is 1. The van der Waals surface area contributed by atoms with Gasteiger partial charge in [-0.25, -0.2) is 4.57 Å². The number of aryl methyl sites for hydroxylation is 2. The molecule has 0 saturated carbocycles. The standard InChI is InChI=1S/C20H15N2O/c1-13-9-10-17-19(18(13)16-8-3-4-11-22(16)2)15-7-5-6-14(12-21)20(15)23-17/h3-11H,1-2H3/q+1. The van der Waals surface area contributed by atoms with E-state index >= 15 is 0 Å². The van der Waals surface area contributed by atoms with Crippen molar-refractivity contribution in [2.75, 3.05) is 0 Å². The van der Waals surface area contributed by atoms with Crippen LogP contribution in [0.2, 0.25) is 0 Å². The Morgan fingerprint density at radius 1 is 1.04 bits per heavy atom. The van der Waals surface area contributed by atoms with Gasteiger partial charge in [-0.15, -0.1) is 0 Å². The van der Waals surface area contributed by atoms with Gasteiger partial charge >= 0.3 is 0 Å². The van der Waals surface area contributed by atoms with E-state index in [0.29, 0.717) is 11.1 Å². The molecule has 0 N–H and O–H groups in total. The van der Waals surface area contributed by atoms with Crippen LogP contribution in [0.3, 0.4) is 0 Å². The highest BCUT2D eigenvalue weighted by atomic mass is 16.3. The topological polar surface area (TPSA) is 40.8 Å². The summed E-state index contributed by atoms with van der Waals surface area (Å²) in [5, 5.41) is 11.4. The van der Waals surface area contributed by atoms with E-state index in [1.165, 1.54) is 5.56 Å². The lowest BCUT2D eigenvalue weighted by Crippen LogP contribution is -2.30. The molecule has 0 unspecified atom stereocenters. The Hall–Kier alpha value is -3.12. The summed E-state index contributed by atoms with van der Waals surface area (Å²) in [5.74, 6) is 0. The van der Waals surface area contributed by atoms with E-state index in [0.717, 1.165) is 27.6 Å². The van der Waals surface area contributed by atoms with Crippen LogP contribution in [0.15, 0.2) is 59.1 Å². The SMILES string of the molecule is Cc1ccc2oc3c(C#N)cccc3c2c1-c1cccc[n+]1C. The van der Waals surface area contributed by atoms with Crippen molar-refractivity contribution in [1.29, 1.82) is 5.26 Å². The van der Waals surface area contributed by atoms with Crippen LogP contribution < -0.4 is 4.57 Å². The molecular formula is C20H15N2O+. The quantitative estimate of drug-likeness (QED) is 0.493. The van der Waals surface area contributed by atoms with E-state index < -0.39 is 0 Å². The van der Waals surface area contributed by atoms with Crippen LogP contribution in [0.4, 0.5) is 0 Å². The first-order valence-electron chi connectivity index (χ1n) is 7.50. The lowest BCUT2D eigenvalue weighted by molar-refractivity contribution is -0.660. The minimum Gasteiger partial charge on any atom is -0.455 e. The first kappa shape index (κ1) is 13.5. The Kier molecular flexibility index (Phi) is 2.92. The van der Waals surface area contributed by atoms with E-state index in [2.05, 4.69) is 29.7 Å². The molecule has 3 heteroatoms. The van der Waals surface area contributed by atoms with Crippen molar-refractivity contribution in [1.82, 2.24) is 0 Å². The Bertz CT molecular complexity index is 1100. The van der Waals surface area contributed by atoms with Gasteiger partial charge < -0.3 is 4.42 Å². The van der Waals surface area contributed by atoms with Crippen LogP contribution in [0.1, 0.15) is 11.1 Å². The third-order valence-electron chi connectivity index (χ3n) is 4.30. The van der Waals surface area contributed by atoms with Gasteiger partial charge in [-0.1, -0.05) is 18.2 Å². The van der Waals surface area contributed by atoms with E-state index in [4.69, 9.17) is 4.42 Å². The van der Waals surface area contributed by atoms with Gasteiger partial charge in [0.05, 0.1) is 11.1 Å². The van der Waals surface area contributed by atoms with Gasteiger partial charge in [-0.2, -0.15) is 5.26 Å². The second-order valence-corrected chi connectivity index (χ2v) is 5.72. The number of rotatable bonds is 1. The second kappa shape index (κ2) is 4.96. The Morgan fingerprint density at radius 3 is 2.70 bits per heavy atom. The maximum Gasteiger partial charge on any atom is 0.213 e. The molecule has 4 rings (SSSR count). The zero-order chi connectivity index (χ0) is 16.0. The number of pyridine rings is 1. The Morgan fingerprint density at radius 2 is 1.91 bits per heavy atom. The van der Waals surface area contributed by atoms with Gasteiger partial charge in [-0.3, -0.25) is 0 Å². The summed E-state index contributed by atoms with van der Waals surface area (Å²) >= 11 is 0. The van der Waals surface area contributed by atoms with E-state index in [1.54, 1.807) is 6.07 Å². The molecule has 0 aliphatic carbocycles. The maximum atomic E-state index is 9.33. The van der Waals surface area contributed by atoms with Crippen LogP contribution in [-0.2, 0) is 7.05 Å². The molecule has 0 amide bonds. The molecule has 0 atom stereocenters. The molecule has 2 aromatic carbocycles. The molecule has 0 bridgehead atoms. The molecule has 0 spiro atoms. The lowest BCUT2D eigenvalue weighted by atomic mass is 9.97. The van der Waals surface area contributed by atoms with E-state index in [-0.39, 0.29) is 0 Å². The normalized spacial score (nSPS) is 11.0. The number of hydrogen-bond donors (Lipinski definition) is 0. The summed E-state index contributed by atoms with van der Waals surface area (Å²) < 4.78 is 8.11. The van der Waals surface area contributed by atoms with Crippen molar-refractivity contribution in [3.63, 3.8) is 0 Å². The van der Waals surface area contributed by atoms with Crippen molar-refractivity contribution >= 4 is 21.9 Å². The molecule has 2 heterocycles. The zero-order valence-electron chi connectivity index (χ0n) is 13.0. The Labute approximate surface area is 134 Å². The molecule has 0 aliphatic rings. The van der Waals surface area contributed by atoms with Crippen LogP contribution in [-0.4, -0.2) is 0 Å². The summed E-state index contributed by atoms with van der Waals surface area (Å²) in [7, 11) is 2.04. The maximum absolute atomic E-state index is 9.33. The third-order valence-corrected chi connectivity index (χ3v) is 4.30. The first-order chi connectivity index (χ1) is 11.2. The molecule has 3 nitrogen and oxygen atoms in total. The summed E-state index contributed by atoms with van der Waals surface area (Å²) in [4.78, 5) is 0. The van der Waals surface area contributed by atoms with Crippen molar-refractivity contribution < 1.29 is 8.98 Å². The highest BCUT2D eigenvalue weighted by molar-refractivity contribution is 6.13. The fraction of sp³-hybridized carbons (Fsp3) is 0.100. The van der Waals surface area contributed by atoms with Crippen molar-refractivity contribution in [2.45, 2.75) is 6.92 Å². The molecule has 0 fully saturated rings. The molecule has 23 heavy (non-hydrogen) atoms. The predicted molar refractivity (Wildman–Crippen MR) is 89.8 cm³/mol. The van der Waals surface area contributed by atoms with Crippen LogP contribution in [0, 0.1) is 18.3 Å². The fourth-order valence-corrected chi connectivity index (χ4v) is 3.20. The summed E-state index contributed by atoms with van der Waals surface area (Å²) in [6.07, 6.45) is 2.04. The average Bonchev–Trinajstić information content (AvgIpc) is 2.94. The molecule has 0 aliphatic heterocycles. The van der Waals surface area contributed by atoms with Crippen LogP contribution in [0.25, 0.3) is 33.2 Å². The number of nitriles is 1. The van der Waals surface area contributed by atoms with Gasteiger partial charge in [0.2, 0.25) is 5.69 Å². The highest BCUT2D eigenvalue weighted by Gasteiger charge is 2.20. The van der Waals surface area contributed by atoms with Gasteiger partial charge in [0, 0.05) is 22.9 Å². The van der Waals surface area contributed by atoms with E-state index in [9.17, 15) is 5.26 Å². The zero-order valence-corrected chi connectivity index (χ0v) is 13.0. The first-order valence-corrected chi connectivity index (χ1v) is 7.50. The third kappa shape index (κ3) is 1.92. The minimum absolute atomic E-state index is 0.569. The van der Waals surface area contributed by atoms with Crippen LogP contribution in [0.5, 0.6) is 0 Å². The summed E-state index contributed by atoms with van der Waals surface area (Å²) in [5.41, 5.74) is 5.51. The number of nitrogens with zero attached hydrogens (tertiary/aromatic N) is 2. The molecule has 0 radical (unpaired) electrons. The summed E-state index contributed by atoms with van der Waals surface area (Å²) in [6, 6.07) is 18.2. The monoisotopic (exact) mass is 299 g/mol. The van der Waals surface area contributed by atoms with Crippen LogP contribution >= 0.6 is 0 Å². The second-order valence-electron chi connectivity index (χ2n) is 5.72. The molecular weight excluding hydrogens is 284 g/mol. The summed E-state index contributed by atoms with van der Waals surface area (Å²) in [6.45, 7) is 2.11. The smallest absolute Gasteiger partial charge is 0.213 e. The minimum atomic E-state index is 0.569. The number of hydrogen-bond acceptors (Lipinski definition) is 2. The fourth-order valence-electron chi connectivity index (χ4n) is 3.20. The lowest BCUT2D eigenvalue weighted by Gasteiger charge is -2.06.